The SMILES string of the molecule is Cn1ccnc1SCC(=O)N[C@H](c1ccccc1)C1CCOCC1. The minimum Gasteiger partial charge on any atom is -0.381 e. The van der Waals surface area contributed by atoms with Gasteiger partial charge in [-0.2, -0.15) is 0 Å². The van der Waals surface area contributed by atoms with Gasteiger partial charge in [0.1, 0.15) is 0 Å². The topological polar surface area (TPSA) is 56.2 Å². The first-order chi connectivity index (χ1) is 11.7. The summed E-state index contributed by atoms with van der Waals surface area (Å²) in [6.07, 6.45) is 5.59. The highest BCUT2D eigenvalue weighted by Crippen LogP contribution is 2.30. The highest BCUT2D eigenvalue weighted by Gasteiger charge is 2.26. The first-order valence-corrected chi connectivity index (χ1v) is 9.25. The Kier molecular flexibility index (Phi) is 5.93. The van der Waals surface area contributed by atoms with Crippen LogP contribution in [-0.2, 0) is 16.6 Å². The van der Waals surface area contributed by atoms with Gasteiger partial charge in [-0.25, -0.2) is 4.98 Å². The standard InChI is InChI=1S/C18H23N3O2S/c1-21-10-9-19-18(21)24-13-16(22)20-17(14-5-3-2-4-6-14)15-7-11-23-12-8-15/h2-6,9-10,15,17H,7-8,11-13H2,1H3,(H,20,22)/t17-/m1/s1. The van der Waals surface area contributed by atoms with E-state index in [1.54, 1.807) is 6.20 Å². The van der Waals surface area contributed by atoms with E-state index in [0.29, 0.717) is 11.7 Å². The van der Waals surface area contributed by atoms with Gasteiger partial charge < -0.3 is 14.6 Å². The van der Waals surface area contributed by atoms with Crippen molar-refractivity contribution in [2.75, 3.05) is 19.0 Å². The molecule has 128 valence electrons. The average molecular weight is 345 g/mol. The lowest BCUT2D eigenvalue weighted by atomic mass is 9.87. The molecule has 1 N–H and O–H groups in total. The molecule has 1 atom stereocenters. The highest BCUT2D eigenvalue weighted by atomic mass is 32.2. The molecule has 2 heterocycles. The highest BCUT2D eigenvalue weighted by molar-refractivity contribution is 7.99. The van der Waals surface area contributed by atoms with Crippen molar-refractivity contribution in [1.29, 1.82) is 0 Å². The normalized spacial score (nSPS) is 16.7. The van der Waals surface area contributed by atoms with Crippen molar-refractivity contribution in [2.24, 2.45) is 13.0 Å². The van der Waals surface area contributed by atoms with Crippen molar-refractivity contribution in [2.45, 2.75) is 24.0 Å². The summed E-state index contributed by atoms with van der Waals surface area (Å²) < 4.78 is 7.39. The molecule has 1 saturated heterocycles. The number of nitrogens with zero attached hydrogens (tertiary/aromatic N) is 2. The number of carbonyl (C=O) groups is 1. The van der Waals surface area contributed by atoms with E-state index in [1.165, 1.54) is 17.3 Å². The van der Waals surface area contributed by atoms with E-state index in [9.17, 15) is 4.79 Å². The number of hydrogen-bond acceptors (Lipinski definition) is 4. The maximum Gasteiger partial charge on any atom is 0.230 e. The molecule has 1 fully saturated rings. The van der Waals surface area contributed by atoms with Crippen LogP contribution in [0.25, 0.3) is 0 Å². The van der Waals surface area contributed by atoms with Crippen molar-refractivity contribution >= 4 is 17.7 Å². The van der Waals surface area contributed by atoms with Crippen LogP contribution in [0.3, 0.4) is 0 Å². The number of aryl methyl sites for hydroxylation is 1. The Labute approximate surface area is 146 Å². The summed E-state index contributed by atoms with van der Waals surface area (Å²) >= 11 is 1.46. The summed E-state index contributed by atoms with van der Waals surface area (Å²) in [6, 6.07) is 10.3. The molecule has 0 aliphatic carbocycles. The number of aromatic nitrogens is 2. The molecule has 0 radical (unpaired) electrons. The lowest BCUT2D eigenvalue weighted by Crippen LogP contribution is -2.36. The molecule has 2 aromatic rings. The van der Waals surface area contributed by atoms with E-state index < -0.39 is 0 Å². The van der Waals surface area contributed by atoms with Crippen LogP contribution in [0.2, 0.25) is 0 Å². The van der Waals surface area contributed by atoms with Crippen molar-refractivity contribution in [3.63, 3.8) is 0 Å². The number of benzene rings is 1. The maximum absolute atomic E-state index is 12.5. The zero-order valence-corrected chi connectivity index (χ0v) is 14.7. The second-order valence-electron chi connectivity index (χ2n) is 6.02. The van der Waals surface area contributed by atoms with E-state index in [0.717, 1.165) is 31.2 Å². The molecule has 1 amide bonds. The van der Waals surface area contributed by atoms with Crippen LogP contribution in [0.5, 0.6) is 0 Å². The van der Waals surface area contributed by atoms with Gasteiger partial charge in [-0.05, 0) is 24.3 Å². The third-order valence-corrected chi connectivity index (χ3v) is 5.38. The average Bonchev–Trinajstić information content (AvgIpc) is 3.04. The number of imidazole rings is 1. The Morgan fingerprint density at radius 3 is 2.79 bits per heavy atom. The third-order valence-electron chi connectivity index (χ3n) is 4.32. The van der Waals surface area contributed by atoms with E-state index in [1.807, 2.05) is 36.0 Å². The van der Waals surface area contributed by atoms with Crippen molar-refractivity contribution in [1.82, 2.24) is 14.9 Å². The molecule has 0 spiro atoms. The molecule has 1 aromatic heterocycles. The first kappa shape index (κ1) is 17.0. The molecule has 1 aliphatic rings. The van der Waals surface area contributed by atoms with Gasteiger partial charge in [-0.1, -0.05) is 42.1 Å². The van der Waals surface area contributed by atoms with Crippen molar-refractivity contribution < 1.29 is 9.53 Å². The summed E-state index contributed by atoms with van der Waals surface area (Å²) in [7, 11) is 1.93. The number of hydrogen-bond donors (Lipinski definition) is 1. The van der Waals surface area contributed by atoms with Crippen LogP contribution in [0, 0.1) is 5.92 Å². The van der Waals surface area contributed by atoms with E-state index >= 15 is 0 Å². The molecule has 5 nitrogen and oxygen atoms in total. The molecule has 24 heavy (non-hydrogen) atoms. The number of amides is 1. The van der Waals surface area contributed by atoms with Crippen molar-refractivity contribution in [3.05, 3.63) is 48.3 Å². The Bertz CT molecular complexity index is 653. The van der Waals surface area contributed by atoms with Gasteiger partial charge in [0.05, 0.1) is 11.8 Å². The summed E-state index contributed by atoms with van der Waals surface area (Å²) in [5.74, 6) is 0.837. The lowest BCUT2D eigenvalue weighted by Gasteiger charge is -2.31. The number of rotatable bonds is 6. The molecule has 1 aliphatic heterocycles. The van der Waals surface area contributed by atoms with Crippen LogP contribution in [0.4, 0.5) is 0 Å². The molecular weight excluding hydrogens is 322 g/mol. The van der Waals surface area contributed by atoms with Crippen LogP contribution < -0.4 is 5.32 Å². The van der Waals surface area contributed by atoms with Gasteiger partial charge in [-0.15, -0.1) is 0 Å². The fourth-order valence-corrected chi connectivity index (χ4v) is 3.76. The summed E-state index contributed by atoms with van der Waals surface area (Å²) in [6.45, 7) is 1.54. The Morgan fingerprint density at radius 1 is 1.38 bits per heavy atom. The van der Waals surface area contributed by atoms with Crippen molar-refractivity contribution in [3.8, 4) is 0 Å². The van der Waals surface area contributed by atoms with Gasteiger partial charge in [0, 0.05) is 32.7 Å². The third kappa shape index (κ3) is 4.39. The summed E-state index contributed by atoms with van der Waals surface area (Å²) in [5, 5.41) is 4.09. The van der Waals surface area contributed by atoms with Crippen LogP contribution in [0.1, 0.15) is 24.4 Å². The minimum atomic E-state index is 0.0448. The maximum atomic E-state index is 12.5. The van der Waals surface area contributed by atoms with E-state index in [2.05, 4.69) is 22.4 Å². The fraction of sp³-hybridized carbons (Fsp3) is 0.444. The summed E-state index contributed by atoms with van der Waals surface area (Å²) in [5.41, 5.74) is 1.17. The van der Waals surface area contributed by atoms with Crippen LogP contribution in [-0.4, -0.2) is 34.4 Å². The lowest BCUT2D eigenvalue weighted by molar-refractivity contribution is -0.120. The van der Waals surface area contributed by atoms with Gasteiger partial charge in [0.25, 0.3) is 0 Å². The zero-order chi connectivity index (χ0) is 16.8. The largest absolute Gasteiger partial charge is 0.381 e. The minimum absolute atomic E-state index is 0.0448. The quantitative estimate of drug-likeness (QED) is 0.818. The van der Waals surface area contributed by atoms with Gasteiger partial charge in [-0.3, -0.25) is 4.79 Å². The second kappa shape index (κ2) is 8.35. The number of thioether (sulfide) groups is 1. The van der Waals surface area contributed by atoms with Crippen LogP contribution >= 0.6 is 11.8 Å². The van der Waals surface area contributed by atoms with E-state index in [4.69, 9.17) is 4.74 Å². The van der Waals surface area contributed by atoms with E-state index in [-0.39, 0.29) is 11.9 Å². The molecule has 0 saturated carbocycles. The number of nitrogens with one attached hydrogen (secondary N) is 1. The van der Waals surface area contributed by atoms with Gasteiger partial charge >= 0.3 is 0 Å². The Morgan fingerprint density at radius 2 is 2.12 bits per heavy atom. The predicted octanol–water partition coefficient (Wildman–Crippen LogP) is 2.80. The van der Waals surface area contributed by atoms with Crippen LogP contribution in [0.15, 0.2) is 47.9 Å². The predicted molar refractivity (Wildman–Crippen MR) is 94.8 cm³/mol. The second-order valence-corrected chi connectivity index (χ2v) is 6.96. The molecule has 0 bridgehead atoms. The Balaban J connectivity index is 1.64. The smallest absolute Gasteiger partial charge is 0.230 e. The molecule has 0 unspecified atom stereocenters. The summed E-state index contributed by atoms with van der Waals surface area (Å²) in [4.78, 5) is 16.7. The fourth-order valence-electron chi connectivity index (χ4n) is 3.02. The molecular formula is C18H23N3O2S. The molecule has 1 aromatic carbocycles. The number of carbonyl (C=O) groups excluding carboxylic acids is 1. The van der Waals surface area contributed by atoms with Gasteiger partial charge in [0.15, 0.2) is 5.16 Å². The number of ether oxygens (including phenoxy) is 1. The monoisotopic (exact) mass is 345 g/mol. The first-order valence-electron chi connectivity index (χ1n) is 8.26. The Hall–Kier alpha value is -1.79. The molecule has 6 heteroatoms. The van der Waals surface area contributed by atoms with Gasteiger partial charge in [0.2, 0.25) is 5.91 Å². The zero-order valence-electron chi connectivity index (χ0n) is 13.9. The molecule has 3 rings (SSSR count).